The summed E-state index contributed by atoms with van der Waals surface area (Å²) < 4.78 is 0. The third kappa shape index (κ3) is 2.98. The van der Waals surface area contributed by atoms with Crippen LogP contribution >= 0.6 is 0 Å². The van der Waals surface area contributed by atoms with Gasteiger partial charge < -0.3 is 15.3 Å². The molecule has 0 atom stereocenters. The molecule has 1 aromatic rings. The van der Waals surface area contributed by atoms with Gasteiger partial charge >= 0.3 is 5.97 Å². The van der Waals surface area contributed by atoms with E-state index in [0.717, 1.165) is 12.8 Å². The van der Waals surface area contributed by atoms with Gasteiger partial charge in [0.1, 0.15) is 0 Å². The number of carboxylic acids is 1. The molecular weight excluding hydrogens is 248 g/mol. The van der Waals surface area contributed by atoms with Gasteiger partial charge in [0, 0.05) is 38.4 Å². The molecule has 7 heteroatoms. The predicted octanol–water partition coefficient (Wildman–Crippen LogP) is 0.137. The molecule has 0 saturated carbocycles. The molecule has 102 valence electrons. The lowest BCUT2D eigenvalue weighted by Gasteiger charge is -2.30. The minimum Gasteiger partial charge on any atom is -0.478 e. The van der Waals surface area contributed by atoms with Gasteiger partial charge in [-0.05, 0) is 12.8 Å². The van der Waals surface area contributed by atoms with Crippen molar-refractivity contribution >= 4 is 17.8 Å². The van der Waals surface area contributed by atoms with E-state index in [1.807, 2.05) is 4.90 Å². The molecule has 1 saturated heterocycles. The number of carbonyl (C=O) groups is 2. The smallest absolute Gasteiger partial charge is 0.338 e. The van der Waals surface area contributed by atoms with Gasteiger partial charge in [0.25, 0.3) is 0 Å². The highest BCUT2D eigenvalue weighted by Crippen LogP contribution is 2.20. The fourth-order valence-corrected chi connectivity index (χ4v) is 2.14. The van der Waals surface area contributed by atoms with E-state index in [-0.39, 0.29) is 17.4 Å². The van der Waals surface area contributed by atoms with E-state index in [1.165, 1.54) is 12.4 Å². The molecule has 1 amide bonds. The van der Waals surface area contributed by atoms with E-state index in [9.17, 15) is 9.59 Å². The van der Waals surface area contributed by atoms with Crippen molar-refractivity contribution < 1.29 is 14.7 Å². The summed E-state index contributed by atoms with van der Waals surface area (Å²) in [6.45, 7) is 1.40. The van der Waals surface area contributed by atoms with Crippen LogP contribution in [0.3, 0.4) is 0 Å². The lowest BCUT2D eigenvalue weighted by atomic mass is 9.96. The Kier molecular flexibility index (Phi) is 3.94. The summed E-state index contributed by atoms with van der Waals surface area (Å²) in [6, 6.07) is 0. The number of hydrogen-bond acceptors (Lipinski definition) is 5. The number of aromatic nitrogens is 2. The number of amides is 1. The van der Waals surface area contributed by atoms with Crippen LogP contribution in [0.5, 0.6) is 0 Å². The van der Waals surface area contributed by atoms with Crippen molar-refractivity contribution in [1.29, 1.82) is 0 Å². The van der Waals surface area contributed by atoms with Crippen LogP contribution in [0.4, 0.5) is 5.95 Å². The topological polar surface area (TPSA) is 95.4 Å². The number of hydrogen-bond donors (Lipinski definition) is 2. The SMILES string of the molecule is CNC(=O)C1CCN(c2ncc(C(=O)O)cn2)CC1. The summed E-state index contributed by atoms with van der Waals surface area (Å²) in [5, 5.41) is 11.4. The van der Waals surface area contributed by atoms with Crippen molar-refractivity contribution in [3.8, 4) is 0 Å². The van der Waals surface area contributed by atoms with Gasteiger partial charge in [-0.15, -0.1) is 0 Å². The van der Waals surface area contributed by atoms with Crippen LogP contribution < -0.4 is 10.2 Å². The van der Waals surface area contributed by atoms with Gasteiger partial charge in [-0.1, -0.05) is 0 Å². The molecule has 0 aliphatic carbocycles. The summed E-state index contributed by atoms with van der Waals surface area (Å²) >= 11 is 0. The Balaban J connectivity index is 1.97. The largest absolute Gasteiger partial charge is 0.478 e. The summed E-state index contributed by atoms with van der Waals surface area (Å²) in [7, 11) is 1.64. The van der Waals surface area contributed by atoms with Crippen LogP contribution in [0, 0.1) is 5.92 Å². The molecule has 0 spiro atoms. The number of carbonyl (C=O) groups excluding carboxylic acids is 1. The molecule has 1 aromatic heterocycles. The average Bonchev–Trinajstić information content (AvgIpc) is 2.46. The predicted molar refractivity (Wildman–Crippen MR) is 68.0 cm³/mol. The zero-order valence-corrected chi connectivity index (χ0v) is 10.7. The molecule has 2 rings (SSSR count). The van der Waals surface area contributed by atoms with E-state index in [0.29, 0.717) is 19.0 Å². The number of anilines is 1. The quantitative estimate of drug-likeness (QED) is 0.806. The normalized spacial score (nSPS) is 16.2. The minimum atomic E-state index is -1.04. The van der Waals surface area contributed by atoms with Gasteiger partial charge in [-0.2, -0.15) is 0 Å². The number of rotatable bonds is 3. The van der Waals surface area contributed by atoms with Crippen molar-refractivity contribution in [2.24, 2.45) is 5.92 Å². The summed E-state index contributed by atoms with van der Waals surface area (Å²) in [5.74, 6) is -0.411. The van der Waals surface area contributed by atoms with Gasteiger partial charge in [0.15, 0.2) is 0 Å². The van der Waals surface area contributed by atoms with Gasteiger partial charge in [-0.3, -0.25) is 4.79 Å². The molecule has 1 fully saturated rings. The number of aromatic carboxylic acids is 1. The standard InChI is InChI=1S/C12H16N4O3/c1-13-10(17)8-2-4-16(5-3-8)12-14-6-9(7-15-12)11(18)19/h6-8H,2-5H2,1H3,(H,13,17)(H,18,19). The van der Waals surface area contributed by atoms with Crippen LogP contribution in [-0.2, 0) is 4.79 Å². The third-order valence-corrected chi connectivity index (χ3v) is 3.28. The molecule has 2 N–H and O–H groups in total. The highest BCUT2D eigenvalue weighted by atomic mass is 16.4. The van der Waals surface area contributed by atoms with E-state index in [2.05, 4.69) is 15.3 Å². The second-order valence-electron chi connectivity index (χ2n) is 4.45. The van der Waals surface area contributed by atoms with Crippen molar-refractivity contribution in [1.82, 2.24) is 15.3 Å². The number of piperidine rings is 1. The second kappa shape index (κ2) is 5.64. The fourth-order valence-electron chi connectivity index (χ4n) is 2.14. The van der Waals surface area contributed by atoms with Crippen molar-refractivity contribution in [3.63, 3.8) is 0 Å². The Morgan fingerprint density at radius 1 is 1.32 bits per heavy atom. The summed E-state index contributed by atoms with van der Waals surface area (Å²) in [6.07, 6.45) is 4.11. The molecule has 1 aliphatic rings. The minimum absolute atomic E-state index is 0.0412. The Morgan fingerprint density at radius 2 is 1.89 bits per heavy atom. The zero-order chi connectivity index (χ0) is 13.8. The Labute approximate surface area is 110 Å². The highest BCUT2D eigenvalue weighted by molar-refractivity contribution is 5.86. The molecule has 0 aromatic carbocycles. The second-order valence-corrected chi connectivity index (χ2v) is 4.45. The van der Waals surface area contributed by atoms with E-state index in [4.69, 9.17) is 5.11 Å². The third-order valence-electron chi connectivity index (χ3n) is 3.28. The van der Waals surface area contributed by atoms with Crippen LogP contribution in [0.2, 0.25) is 0 Å². The molecule has 2 heterocycles. The first-order valence-electron chi connectivity index (χ1n) is 6.13. The maximum absolute atomic E-state index is 11.5. The maximum atomic E-state index is 11.5. The van der Waals surface area contributed by atoms with Crippen LogP contribution in [-0.4, -0.2) is 47.1 Å². The van der Waals surface area contributed by atoms with Crippen molar-refractivity contribution in [3.05, 3.63) is 18.0 Å². The first kappa shape index (κ1) is 13.3. The van der Waals surface area contributed by atoms with Crippen molar-refractivity contribution in [2.75, 3.05) is 25.0 Å². The monoisotopic (exact) mass is 264 g/mol. The Morgan fingerprint density at radius 3 is 2.37 bits per heavy atom. The molecule has 0 bridgehead atoms. The molecular formula is C12H16N4O3. The molecule has 7 nitrogen and oxygen atoms in total. The van der Waals surface area contributed by atoms with Crippen LogP contribution in [0.25, 0.3) is 0 Å². The zero-order valence-electron chi connectivity index (χ0n) is 10.7. The molecule has 0 unspecified atom stereocenters. The lowest BCUT2D eigenvalue weighted by molar-refractivity contribution is -0.125. The highest BCUT2D eigenvalue weighted by Gasteiger charge is 2.25. The number of nitrogens with one attached hydrogen (secondary N) is 1. The first-order chi connectivity index (χ1) is 9.11. The molecule has 19 heavy (non-hydrogen) atoms. The van der Waals surface area contributed by atoms with Gasteiger partial charge in [0.05, 0.1) is 5.56 Å². The summed E-state index contributed by atoms with van der Waals surface area (Å²) in [4.78, 5) is 32.3. The van der Waals surface area contributed by atoms with Crippen molar-refractivity contribution in [2.45, 2.75) is 12.8 Å². The van der Waals surface area contributed by atoms with Crippen LogP contribution in [0.15, 0.2) is 12.4 Å². The van der Waals surface area contributed by atoms with Gasteiger partial charge in [-0.25, -0.2) is 14.8 Å². The number of carboxylic acid groups (broad SMARTS) is 1. The van der Waals surface area contributed by atoms with E-state index >= 15 is 0 Å². The molecule has 0 radical (unpaired) electrons. The van der Waals surface area contributed by atoms with E-state index < -0.39 is 5.97 Å². The first-order valence-corrected chi connectivity index (χ1v) is 6.13. The summed E-state index contributed by atoms with van der Waals surface area (Å²) in [5.41, 5.74) is 0.0731. The fraction of sp³-hybridized carbons (Fsp3) is 0.500. The van der Waals surface area contributed by atoms with E-state index in [1.54, 1.807) is 7.05 Å². The average molecular weight is 264 g/mol. The Hall–Kier alpha value is -2.18. The van der Waals surface area contributed by atoms with Gasteiger partial charge in [0.2, 0.25) is 11.9 Å². The Bertz CT molecular complexity index is 466. The lowest BCUT2D eigenvalue weighted by Crippen LogP contribution is -2.40. The number of nitrogens with zero attached hydrogens (tertiary/aromatic N) is 3. The maximum Gasteiger partial charge on any atom is 0.338 e. The van der Waals surface area contributed by atoms with Crippen LogP contribution in [0.1, 0.15) is 23.2 Å². The molecule has 1 aliphatic heterocycles.